The summed E-state index contributed by atoms with van der Waals surface area (Å²) in [5.74, 6) is 0.590. The minimum Gasteiger partial charge on any atom is -0.0955 e. The van der Waals surface area contributed by atoms with Crippen LogP contribution in [-0.4, -0.2) is 0 Å². The van der Waals surface area contributed by atoms with Crippen molar-refractivity contribution in [3.05, 3.63) is 154 Å². The maximum atomic E-state index is 4.70. The summed E-state index contributed by atoms with van der Waals surface area (Å²) in [6.07, 6.45) is 13.5. The van der Waals surface area contributed by atoms with E-state index in [0.29, 0.717) is 5.92 Å². The average molecular weight is 483 g/mol. The highest BCUT2D eigenvalue weighted by Crippen LogP contribution is 2.55. The summed E-state index contributed by atoms with van der Waals surface area (Å²) in [4.78, 5) is 0. The molecule has 0 heterocycles. The summed E-state index contributed by atoms with van der Waals surface area (Å²) < 4.78 is 0. The van der Waals surface area contributed by atoms with Gasteiger partial charge in [-0.1, -0.05) is 129 Å². The lowest BCUT2D eigenvalue weighted by Crippen LogP contribution is -2.21. The Balaban J connectivity index is 1.44. The second-order valence-electron chi connectivity index (χ2n) is 10.8. The van der Waals surface area contributed by atoms with Crippen LogP contribution in [0.5, 0.6) is 0 Å². The van der Waals surface area contributed by atoms with Gasteiger partial charge in [-0.3, -0.25) is 0 Å². The molecule has 3 aliphatic carbocycles. The fraction of sp³-hybridized carbons (Fsp3) is 0.243. The first-order valence-electron chi connectivity index (χ1n) is 13.6. The molecular formula is C37H38. The average Bonchev–Trinajstić information content (AvgIpc) is 3.48. The minimum atomic E-state index is 0.285. The molecule has 0 heteroatoms. The first kappa shape index (κ1) is 25.0. The lowest BCUT2D eigenvalue weighted by atomic mass is 9.69. The van der Waals surface area contributed by atoms with Crippen molar-refractivity contribution < 1.29 is 0 Å². The Labute approximate surface area is 223 Å². The Morgan fingerprint density at radius 3 is 2.41 bits per heavy atom. The molecule has 37 heavy (non-hydrogen) atoms. The molecule has 2 aromatic carbocycles. The second kappa shape index (κ2) is 10.4. The Morgan fingerprint density at radius 1 is 0.946 bits per heavy atom. The van der Waals surface area contributed by atoms with E-state index in [-0.39, 0.29) is 5.92 Å². The molecule has 186 valence electrons. The molecule has 0 spiro atoms. The van der Waals surface area contributed by atoms with Gasteiger partial charge in [0.1, 0.15) is 0 Å². The third-order valence-corrected chi connectivity index (χ3v) is 8.13. The summed E-state index contributed by atoms with van der Waals surface area (Å²) in [7, 11) is 0. The summed E-state index contributed by atoms with van der Waals surface area (Å²) >= 11 is 0. The zero-order chi connectivity index (χ0) is 26.1. The van der Waals surface area contributed by atoms with Crippen molar-refractivity contribution in [1.82, 2.24) is 0 Å². The summed E-state index contributed by atoms with van der Waals surface area (Å²) in [5.41, 5.74) is 15.9. The zero-order valence-electron chi connectivity index (χ0n) is 22.6. The smallest absolute Gasteiger partial charge is 0.0201 e. The van der Waals surface area contributed by atoms with E-state index in [1.807, 2.05) is 0 Å². The third kappa shape index (κ3) is 4.74. The maximum absolute atomic E-state index is 4.70. The molecule has 3 aliphatic rings. The molecule has 0 radical (unpaired) electrons. The topological polar surface area (TPSA) is 0 Å². The minimum absolute atomic E-state index is 0.285. The third-order valence-electron chi connectivity index (χ3n) is 8.13. The van der Waals surface area contributed by atoms with Crippen LogP contribution < -0.4 is 0 Å². The van der Waals surface area contributed by atoms with Crippen LogP contribution in [-0.2, 0) is 0 Å². The predicted octanol–water partition coefficient (Wildman–Crippen LogP) is 10.3. The lowest BCUT2D eigenvalue weighted by Gasteiger charge is -2.34. The number of rotatable bonds is 7. The van der Waals surface area contributed by atoms with E-state index in [9.17, 15) is 0 Å². The van der Waals surface area contributed by atoms with Crippen LogP contribution in [0.25, 0.3) is 11.1 Å². The molecule has 0 aliphatic heterocycles. The van der Waals surface area contributed by atoms with E-state index in [2.05, 4.69) is 113 Å². The quantitative estimate of drug-likeness (QED) is 0.368. The van der Waals surface area contributed by atoms with Crippen LogP contribution in [0, 0.1) is 5.92 Å². The molecule has 1 fully saturated rings. The van der Waals surface area contributed by atoms with Gasteiger partial charge in [0.15, 0.2) is 0 Å². The normalized spacial score (nSPS) is 22.1. The van der Waals surface area contributed by atoms with E-state index in [4.69, 9.17) is 6.58 Å². The highest BCUT2D eigenvalue weighted by molar-refractivity contribution is 5.82. The van der Waals surface area contributed by atoms with Gasteiger partial charge in [-0.2, -0.15) is 0 Å². The molecule has 0 bridgehead atoms. The molecular weight excluding hydrogens is 444 g/mol. The van der Waals surface area contributed by atoms with E-state index in [0.717, 1.165) is 31.3 Å². The largest absolute Gasteiger partial charge is 0.0955 e. The fourth-order valence-electron chi connectivity index (χ4n) is 6.48. The van der Waals surface area contributed by atoms with Crippen molar-refractivity contribution in [3.63, 3.8) is 0 Å². The van der Waals surface area contributed by atoms with Crippen molar-refractivity contribution in [1.29, 1.82) is 0 Å². The maximum Gasteiger partial charge on any atom is 0.0201 e. The predicted molar refractivity (Wildman–Crippen MR) is 161 cm³/mol. The summed E-state index contributed by atoms with van der Waals surface area (Å²) in [6, 6.07) is 19.6. The fourth-order valence-corrected chi connectivity index (χ4v) is 6.48. The number of hydrogen-bond donors (Lipinski definition) is 0. The van der Waals surface area contributed by atoms with Gasteiger partial charge in [0.05, 0.1) is 0 Å². The number of allylic oxidation sites excluding steroid dienone is 13. The van der Waals surface area contributed by atoms with Crippen LogP contribution in [0.2, 0.25) is 0 Å². The zero-order valence-corrected chi connectivity index (χ0v) is 22.6. The Hall–Kier alpha value is -3.64. The second-order valence-corrected chi connectivity index (χ2v) is 10.8. The van der Waals surface area contributed by atoms with Crippen molar-refractivity contribution >= 4 is 11.1 Å². The van der Waals surface area contributed by atoms with Crippen LogP contribution >= 0.6 is 0 Å². The van der Waals surface area contributed by atoms with Gasteiger partial charge in [0, 0.05) is 11.8 Å². The summed E-state index contributed by atoms with van der Waals surface area (Å²) in [6.45, 7) is 20.0. The molecule has 0 nitrogen and oxygen atoms in total. The Bertz CT molecular complexity index is 1430. The molecule has 0 saturated heterocycles. The highest BCUT2D eigenvalue weighted by Gasteiger charge is 2.40. The van der Waals surface area contributed by atoms with Crippen molar-refractivity contribution in [2.24, 2.45) is 5.92 Å². The highest BCUT2D eigenvalue weighted by atomic mass is 14.4. The molecule has 2 unspecified atom stereocenters. The van der Waals surface area contributed by atoms with Gasteiger partial charge in [-0.15, -0.1) is 0 Å². The van der Waals surface area contributed by atoms with Crippen molar-refractivity contribution in [2.45, 2.75) is 52.4 Å². The standard InChI is InChI=1S/C37H38/c1-7-13-25(4)35-26(5)20-32-23-31(27(6)36(32)37(35)29-14-9-8-10-15-29)22-28-18-19-30(21-28)34-17-12-11-16-33(34)24(2)3/h8-12,14-20,22,36-37H,2,4,6-7,13,21,23H2,1,3,5H3. The molecule has 5 rings (SSSR count). The van der Waals surface area contributed by atoms with Crippen LogP contribution in [0.4, 0.5) is 0 Å². The monoisotopic (exact) mass is 482 g/mol. The van der Waals surface area contributed by atoms with Crippen LogP contribution in [0.15, 0.2) is 138 Å². The van der Waals surface area contributed by atoms with Crippen LogP contribution in [0.3, 0.4) is 0 Å². The summed E-state index contributed by atoms with van der Waals surface area (Å²) in [5, 5.41) is 0. The molecule has 0 N–H and O–H groups in total. The van der Waals surface area contributed by atoms with E-state index in [1.54, 1.807) is 0 Å². The molecule has 0 amide bonds. The van der Waals surface area contributed by atoms with E-state index in [1.165, 1.54) is 61.3 Å². The molecule has 2 aromatic rings. The lowest BCUT2D eigenvalue weighted by molar-refractivity contribution is 0.619. The molecule has 0 aromatic heterocycles. The van der Waals surface area contributed by atoms with Gasteiger partial charge in [-0.25, -0.2) is 0 Å². The first-order valence-corrected chi connectivity index (χ1v) is 13.6. The molecule has 2 atom stereocenters. The number of benzene rings is 2. The van der Waals surface area contributed by atoms with Crippen molar-refractivity contribution in [2.75, 3.05) is 0 Å². The van der Waals surface area contributed by atoms with E-state index < -0.39 is 0 Å². The SMILES string of the molecule is C=C(CCC)C1=C(C)C=C2CC(=CC3=CC=C(c4ccccc4C(=C)C)C3)C(=C)C2C1c1ccccc1. The van der Waals surface area contributed by atoms with Gasteiger partial charge >= 0.3 is 0 Å². The Kier molecular flexibility index (Phi) is 7.02. The van der Waals surface area contributed by atoms with Gasteiger partial charge in [0.25, 0.3) is 0 Å². The van der Waals surface area contributed by atoms with Gasteiger partial charge in [-0.05, 0) is 83.2 Å². The number of fused-ring (bicyclic) bond motifs is 1. The Morgan fingerprint density at radius 2 is 1.68 bits per heavy atom. The number of hydrogen-bond acceptors (Lipinski definition) is 0. The first-order chi connectivity index (χ1) is 17.9. The van der Waals surface area contributed by atoms with Crippen molar-refractivity contribution in [3.8, 4) is 0 Å². The van der Waals surface area contributed by atoms with E-state index >= 15 is 0 Å². The van der Waals surface area contributed by atoms with Gasteiger partial charge in [0.2, 0.25) is 0 Å². The van der Waals surface area contributed by atoms with Gasteiger partial charge < -0.3 is 0 Å². The molecule has 1 saturated carbocycles. The van der Waals surface area contributed by atoms with Crippen LogP contribution in [0.1, 0.15) is 69.1 Å².